The molecule has 3 heterocycles. The molecule has 128 valence electrons. The Morgan fingerprint density at radius 3 is 2.54 bits per heavy atom. The fraction of sp³-hybridized carbons (Fsp3) is 0.500. The molecule has 0 aliphatic heterocycles. The number of halogens is 1. The summed E-state index contributed by atoms with van der Waals surface area (Å²) < 4.78 is 8.96. The second kappa shape index (κ2) is 5.90. The molecule has 0 amide bonds. The van der Waals surface area contributed by atoms with Gasteiger partial charge in [-0.05, 0) is 17.5 Å². The van der Waals surface area contributed by atoms with Crippen molar-refractivity contribution in [3.8, 4) is 0 Å². The normalized spacial score (nSPS) is 11.8. The van der Waals surface area contributed by atoms with Crippen molar-refractivity contribution < 1.29 is 4.52 Å². The molecular formula is C14H17ClN6O3. The maximum atomic E-state index is 12.4. The number of hydrogen-bond donors (Lipinski definition) is 0. The van der Waals surface area contributed by atoms with E-state index in [2.05, 4.69) is 15.1 Å². The Hall–Kier alpha value is -2.42. The predicted molar refractivity (Wildman–Crippen MR) is 87.2 cm³/mol. The van der Waals surface area contributed by atoms with Gasteiger partial charge in [0.15, 0.2) is 17.0 Å². The Bertz CT molecular complexity index is 1030. The molecule has 0 spiro atoms. The number of hydrogen-bond acceptors (Lipinski definition) is 6. The predicted octanol–water partition coefficient (Wildman–Crippen LogP) is 0.717. The Balaban J connectivity index is 2.10. The lowest BCUT2D eigenvalue weighted by molar-refractivity contribution is 0.358. The van der Waals surface area contributed by atoms with Gasteiger partial charge in [0.05, 0.1) is 6.54 Å². The van der Waals surface area contributed by atoms with E-state index in [-0.39, 0.29) is 23.0 Å². The van der Waals surface area contributed by atoms with Crippen LogP contribution in [0.25, 0.3) is 11.2 Å². The van der Waals surface area contributed by atoms with Gasteiger partial charge < -0.3 is 9.09 Å². The molecule has 10 heteroatoms. The Labute approximate surface area is 141 Å². The number of rotatable bonds is 4. The van der Waals surface area contributed by atoms with Gasteiger partial charge in [0.25, 0.3) is 5.56 Å². The van der Waals surface area contributed by atoms with E-state index in [1.165, 1.54) is 23.2 Å². The topological polar surface area (TPSA) is 101 Å². The molecule has 0 bridgehead atoms. The molecule has 3 rings (SSSR count). The highest BCUT2D eigenvalue weighted by Crippen LogP contribution is 2.17. The maximum Gasteiger partial charge on any atom is 0.332 e. The molecule has 0 N–H and O–H groups in total. The molecule has 3 aromatic rings. The first-order valence-corrected chi connectivity index (χ1v) is 7.80. The van der Waals surface area contributed by atoms with Crippen LogP contribution in [0.15, 0.2) is 14.1 Å². The average Bonchev–Trinajstić information content (AvgIpc) is 3.08. The third-order valence-electron chi connectivity index (χ3n) is 3.69. The third kappa shape index (κ3) is 2.64. The lowest BCUT2D eigenvalue weighted by atomic mass is 10.1. The largest absolute Gasteiger partial charge is 0.339 e. The summed E-state index contributed by atoms with van der Waals surface area (Å²) >= 11 is 6.16. The fourth-order valence-corrected chi connectivity index (χ4v) is 2.72. The van der Waals surface area contributed by atoms with Crippen molar-refractivity contribution in [2.24, 2.45) is 20.0 Å². The highest BCUT2D eigenvalue weighted by atomic mass is 35.5. The van der Waals surface area contributed by atoms with Crippen molar-refractivity contribution in [1.82, 2.24) is 28.8 Å². The number of fused-ring (bicyclic) bond motifs is 1. The number of aromatic nitrogens is 6. The summed E-state index contributed by atoms with van der Waals surface area (Å²) in [5.74, 6) is 1.31. The van der Waals surface area contributed by atoms with Crippen LogP contribution >= 0.6 is 11.6 Å². The van der Waals surface area contributed by atoms with E-state index in [1.54, 1.807) is 0 Å². The molecule has 0 fully saturated rings. The van der Waals surface area contributed by atoms with Crippen molar-refractivity contribution in [2.75, 3.05) is 0 Å². The molecule has 24 heavy (non-hydrogen) atoms. The van der Waals surface area contributed by atoms with Crippen molar-refractivity contribution >= 4 is 22.8 Å². The molecule has 0 atom stereocenters. The van der Waals surface area contributed by atoms with Crippen LogP contribution in [0.3, 0.4) is 0 Å². The molecule has 0 saturated heterocycles. The van der Waals surface area contributed by atoms with Gasteiger partial charge in [0.1, 0.15) is 0 Å². The van der Waals surface area contributed by atoms with Crippen molar-refractivity contribution in [1.29, 1.82) is 0 Å². The fourth-order valence-electron chi connectivity index (χ4n) is 2.49. The lowest BCUT2D eigenvalue weighted by Gasteiger charge is -2.05. The molecule has 0 saturated carbocycles. The maximum absolute atomic E-state index is 12.4. The second-order valence-electron chi connectivity index (χ2n) is 6.05. The third-order valence-corrected chi connectivity index (χ3v) is 3.98. The standard InChI is InChI=1S/C14H17ClN6O3/c1-7(2)5-9-16-8(18-24-9)6-21-10-11(17-13(21)15)19(3)14(23)20(4)12(10)22/h7H,5-6H2,1-4H3. The van der Waals surface area contributed by atoms with Crippen LogP contribution in [-0.2, 0) is 27.1 Å². The SMILES string of the molecule is CC(C)Cc1nc(Cn2c(Cl)nc3c2c(=O)n(C)c(=O)n3C)no1. The summed E-state index contributed by atoms with van der Waals surface area (Å²) in [6.45, 7) is 4.23. The minimum absolute atomic E-state index is 0.0820. The van der Waals surface area contributed by atoms with Crippen LogP contribution in [-0.4, -0.2) is 28.8 Å². The van der Waals surface area contributed by atoms with Gasteiger partial charge in [0.2, 0.25) is 11.2 Å². The zero-order valence-electron chi connectivity index (χ0n) is 13.8. The van der Waals surface area contributed by atoms with E-state index in [9.17, 15) is 9.59 Å². The molecular weight excluding hydrogens is 336 g/mol. The van der Waals surface area contributed by atoms with E-state index < -0.39 is 11.2 Å². The molecule has 3 aromatic heterocycles. The Morgan fingerprint density at radius 2 is 1.88 bits per heavy atom. The highest BCUT2D eigenvalue weighted by molar-refractivity contribution is 6.29. The van der Waals surface area contributed by atoms with Gasteiger partial charge in [-0.3, -0.25) is 13.9 Å². The first-order valence-electron chi connectivity index (χ1n) is 7.42. The second-order valence-corrected chi connectivity index (χ2v) is 6.39. The number of nitrogens with zero attached hydrogens (tertiary/aromatic N) is 6. The molecule has 0 unspecified atom stereocenters. The zero-order chi connectivity index (χ0) is 17.6. The van der Waals surface area contributed by atoms with Crippen LogP contribution in [0, 0.1) is 5.92 Å². The molecule has 0 aliphatic carbocycles. The van der Waals surface area contributed by atoms with Crippen LogP contribution in [0.2, 0.25) is 5.28 Å². The quantitative estimate of drug-likeness (QED) is 0.641. The van der Waals surface area contributed by atoms with E-state index in [1.807, 2.05) is 13.8 Å². The minimum atomic E-state index is -0.474. The van der Waals surface area contributed by atoms with Gasteiger partial charge in [-0.1, -0.05) is 19.0 Å². The Morgan fingerprint density at radius 1 is 1.17 bits per heavy atom. The molecule has 0 aliphatic rings. The minimum Gasteiger partial charge on any atom is -0.339 e. The zero-order valence-corrected chi connectivity index (χ0v) is 14.5. The first kappa shape index (κ1) is 16.4. The van der Waals surface area contributed by atoms with E-state index in [4.69, 9.17) is 16.1 Å². The Kier molecular flexibility index (Phi) is 4.04. The van der Waals surface area contributed by atoms with E-state index in [0.29, 0.717) is 24.1 Å². The van der Waals surface area contributed by atoms with Gasteiger partial charge in [-0.15, -0.1) is 0 Å². The van der Waals surface area contributed by atoms with Crippen LogP contribution in [0.4, 0.5) is 0 Å². The molecule has 0 radical (unpaired) electrons. The summed E-state index contributed by atoms with van der Waals surface area (Å²) in [6, 6.07) is 0. The number of aryl methyl sites for hydroxylation is 1. The van der Waals surface area contributed by atoms with Gasteiger partial charge in [0, 0.05) is 20.5 Å². The average molecular weight is 353 g/mol. The van der Waals surface area contributed by atoms with Gasteiger partial charge >= 0.3 is 5.69 Å². The summed E-state index contributed by atoms with van der Waals surface area (Å²) in [5, 5.41) is 4.00. The van der Waals surface area contributed by atoms with Crippen molar-refractivity contribution in [2.45, 2.75) is 26.8 Å². The first-order chi connectivity index (χ1) is 11.3. The number of imidazole rings is 1. The highest BCUT2D eigenvalue weighted by Gasteiger charge is 2.19. The van der Waals surface area contributed by atoms with Crippen molar-refractivity contribution in [3.63, 3.8) is 0 Å². The summed E-state index contributed by atoms with van der Waals surface area (Å²) in [4.78, 5) is 32.8. The lowest BCUT2D eigenvalue weighted by Crippen LogP contribution is -2.37. The van der Waals surface area contributed by atoms with E-state index in [0.717, 1.165) is 4.57 Å². The van der Waals surface area contributed by atoms with Crippen LogP contribution < -0.4 is 11.2 Å². The van der Waals surface area contributed by atoms with E-state index >= 15 is 0 Å². The van der Waals surface area contributed by atoms with Gasteiger partial charge in [-0.2, -0.15) is 9.97 Å². The summed E-state index contributed by atoms with van der Waals surface area (Å²) in [5.41, 5.74) is -0.496. The van der Waals surface area contributed by atoms with Crippen LogP contribution in [0.5, 0.6) is 0 Å². The monoisotopic (exact) mass is 352 g/mol. The summed E-state index contributed by atoms with van der Waals surface area (Å²) in [6.07, 6.45) is 0.668. The smallest absolute Gasteiger partial charge is 0.332 e. The van der Waals surface area contributed by atoms with Gasteiger partial charge in [-0.25, -0.2) is 4.79 Å². The molecule has 0 aromatic carbocycles. The van der Waals surface area contributed by atoms with Crippen LogP contribution in [0.1, 0.15) is 25.6 Å². The summed E-state index contributed by atoms with van der Waals surface area (Å²) in [7, 11) is 2.94. The molecule has 9 nitrogen and oxygen atoms in total. The van der Waals surface area contributed by atoms with Crippen molar-refractivity contribution in [3.05, 3.63) is 37.8 Å².